The summed E-state index contributed by atoms with van der Waals surface area (Å²) in [6, 6.07) is 30.4. The van der Waals surface area contributed by atoms with Crippen LogP contribution in [0.2, 0.25) is 0 Å². The van der Waals surface area contributed by atoms with Crippen molar-refractivity contribution in [3.63, 3.8) is 0 Å². The maximum atomic E-state index is 5.95. The lowest BCUT2D eigenvalue weighted by Gasteiger charge is -2.17. The number of ether oxygens (including phenoxy) is 3. The number of aromatic nitrogens is 1. The van der Waals surface area contributed by atoms with Gasteiger partial charge in [-0.3, -0.25) is 4.99 Å². The Kier molecular flexibility index (Phi) is 6.22. The molecule has 5 nitrogen and oxygen atoms in total. The molecule has 0 radical (unpaired) electrons. The normalized spacial score (nSPS) is 11.2. The van der Waals surface area contributed by atoms with Crippen molar-refractivity contribution in [2.45, 2.75) is 0 Å². The summed E-state index contributed by atoms with van der Waals surface area (Å²) < 4.78 is 17.6. The number of hydrogen-bond donors (Lipinski definition) is 1. The number of methoxy groups -OCH3 is 3. The van der Waals surface area contributed by atoms with Crippen molar-refractivity contribution in [3.05, 3.63) is 96.6 Å². The molecular weight excluding hydrogens is 436 g/mol. The minimum absolute atomic E-state index is 0.521. The lowest BCUT2D eigenvalue weighted by molar-refractivity contribution is 0.327. The van der Waals surface area contributed by atoms with Gasteiger partial charge in [-0.25, -0.2) is 0 Å². The molecule has 0 saturated heterocycles. The van der Waals surface area contributed by atoms with Crippen LogP contribution in [0.25, 0.3) is 33.3 Å². The number of nitrogens with zero attached hydrogens (tertiary/aromatic N) is 1. The van der Waals surface area contributed by atoms with Gasteiger partial charge in [0, 0.05) is 11.8 Å². The number of aromatic amines is 1. The van der Waals surface area contributed by atoms with Crippen molar-refractivity contribution in [2.24, 2.45) is 4.99 Å². The van der Waals surface area contributed by atoms with Crippen molar-refractivity contribution in [1.82, 2.24) is 4.98 Å². The van der Waals surface area contributed by atoms with Gasteiger partial charge in [0.25, 0.3) is 0 Å². The van der Waals surface area contributed by atoms with Crippen molar-refractivity contribution in [1.29, 1.82) is 0 Å². The van der Waals surface area contributed by atoms with Crippen molar-refractivity contribution in [3.8, 4) is 39.6 Å². The van der Waals surface area contributed by atoms with E-state index < -0.39 is 0 Å². The topological polar surface area (TPSA) is 55.8 Å². The Bertz CT molecular complexity index is 1470. The lowest BCUT2D eigenvalue weighted by atomic mass is 9.96. The predicted molar refractivity (Wildman–Crippen MR) is 143 cm³/mol. The first-order valence-corrected chi connectivity index (χ1v) is 11.3. The monoisotopic (exact) mass is 462 g/mol. The summed E-state index contributed by atoms with van der Waals surface area (Å²) in [5.41, 5.74) is 6.62. The maximum Gasteiger partial charge on any atom is 0.204 e. The number of nitrogens with one attached hydrogen (secondary N) is 1. The largest absolute Gasteiger partial charge is 0.492 e. The number of fused-ring (bicyclic) bond motifs is 1. The van der Waals surface area contributed by atoms with Crippen LogP contribution in [0, 0.1) is 0 Å². The Hall–Kier alpha value is -4.51. The summed E-state index contributed by atoms with van der Waals surface area (Å²) in [6.07, 6.45) is 1.82. The summed E-state index contributed by atoms with van der Waals surface area (Å²) in [5.74, 6) is 1.68. The zero-order chi connectivity index (χ0) is 24.2. The van der Waals surface area contributed by atoms with E-state index in [1.807, 2.05) is 72.9 Å². The molecule has 0 amide bonds. The average molecular weight is 463 g/mol. The molecule has 4 aromatic carbocycles. The number of aliphatic imine (C=N–C) groups is 1. The zero-order valence-electron chi connectivity index (χ0n) is 19.9. The molecule has 0 spiro atoms. The molecule has 35 heavy (non-hydrogen) atoms. The van der Waals surface area contributed by atoms with Crippen LogP contribution in [-0.2, 0) is 0 Å². The number of benzene rings is 4. The van der Waals surface area contributed by atoms with E-state index >= 15 is 0 Å². The van der Waals surface area contributed by atoms with Crippen LogP contribution in [0.1, 0.15) is 5.56 Å². The van der Waals surface area contributed by atoms with Gasteiger partial charge in [-0.1, -0.05) is 78.9 Å². The summed E-state index contributed by atoms with van der Waals surface area (Å²) >= 11 is 0. The van der Waals surface area contributed by atoms with Crippen molar-refractivity contribution < 1.29 is 14.2 Å². The van der Waals surface area contributed by atoms with Crippen LogP contribution in [0.15, 0.2) is 96.0 Å². The fraction of sp³-hybridized carbons (Fsp3) is 0.100. The Morgan fingerprint density at radius 3 is 1.74 bits per heavy atom. The fourth-order valence-electron chi connectivity index (χ4n) is 4.46. The number of para-hydroxylation sites is 1. The molecule has 5 rings (SSSR count). The Morgan fingerprint density at radius 1 is 0.629 bits per heavy atom. The molecular formula is C30H26N2O3. The van der Waals surface area contributed by atoms with Gasteiger partial charge >= 0.3 is 0 Å². The minimum Gasteiger partial charge on any atom is -0.492 e. The highest BCUT2D eigenvalue weighted by atomic mass is 16.5. The quantitative estimate of drug-likeness (QED) is 0.259. The van der Waals surface area contributed by atoms with E-state index in [4.69, 9.17) is 19.2 Å². The third kappa shape index (κ3) is 4.02. The third-order valence-corrected chi connectivity index (χ3v) is 5.99. The number of hydrogen-bond acceptors (Lipinski definition) is 4. The molecule has 0 fully saturated rings. The molecule has 1 aromatic heterocycles. The number of H-pyrrole nitrogens is 1. The van der Waals surface area contributed by atoms with E-state index in [0.717, 1.165) is 44.5 Å². The molecule has 0 aliphatic heterocycles. The summed E-state index contributed by atoms with van der Waals surface area (Å²) in [6.45, 7) is 0. The highest BCUT2D eigenvalue weighted by Gasteiger charge is 2.27. The maximum absolute atomic E-state index is 5.95. The molecule has 0 aliphatic carbocycles. The highest BCUT2D eigenvalue weighted by Crippen LogP contribution is 2.51. The van der Waals surface area contributed by atoms with E-state index in [9.17, 15) is 0 Å². The molecule has 0 saturated carbocycles. The van der Waals surface area contributed by atoms with E-state index in [1.54, 1.807) is 21.3 Å². The predicted octanol–water partition coefficient (Wildman–Crippen LogP) is 7.28. The second-order valence-corrected chi connectivity index (χ2v) is 7.96. The molecule has 0 atom stereocenters. The van der Waals surface area contributed by atoms with E-state index in [1.165, 1.54) is 0 Å². The van der Waals surface area contributed by atoms with Crippen molar-refractivity contribution >= 4 is 22.8 Å². The second kappa shape index (κ2) is 9.77. The van der Waals surface area contributed by atoms with Gasteiger partial charge in [-0.05, 0) is 23.3 Å². The van der Waals surface area contributed by atoms with Gasteiger partial charge in [-0.2, -0.15) is 0 Å². The van der Waals surface area contributed by atoms with Crippen LogP contribution < -0.4 is 14.2 Å². The van der Waals surface area contributed by atoms with Crippen LogP contribution in [-0.4, -0.2) is 32.5 Å². The first kappa shape index (κ1) is 22.3. The van der Waals surface area contributed by atoms with Gasteiger partial charge in [0.2, 0.25) is 5.75 Å². The SMILES string of the molecule is COc1c(OC)c(OC)c2c(-c3ccccc3)c(-c3ccccc3)[nH]c2c1C=Nc1ccccc1. The van der Waals surface area contributed by atoms with Crippen LogP contribution >= 0.6 is 0 Å². The van der Waals surface area contributed by atoms with Gasteiger partial charge in [-0.15, -0.1) is 0 Å². The van der Waals surface area contributed by atoms with E-state index in [0.29, 0.717) is 17.2 Å². The van der Waals surface area contributed by atoms with Gasteiger partial charge in [0.05, 0.1) is 49.2 Å². The Balaban J connectivity index is 1.92. The third-order valence-electron chi connectivity index (χ3n) is 5.99. The molecule has 0 unspecified atom stereocenters. The zero-order valence-corrected chi connectivity index (χ0v) is 19.9. The first-order valence-electron chi connectivity index (χ1n) is 11.3. The average Bonchev–Trinajstić information content (AvgIpc) is 3.32. The second-order valence-electron chi connectivity index (χ2n) is 7.96. The summed E-state index contributed by atoms with van der Waals surface area (Å²) in [7, 11) is 4.90. The fourth-order valence-corrected chi connectivity index (χ4v) is 4.46. The van der Waals surface area contributed by atoms with Crippen LogP contribution in [0.5, 0.6) is 17.2 Å². The number of rotatable bonds is 7. The lowest BCUT2D eigenvalue weighted by Crippen LogP contribution is -2.00. The van der Waals surface area contributed by atoms with E-state index in [2.05, 4.69) is 29.2 Å². The van der Waals surface area contributed by atoms with Crippen LogP contribution in [0.4, 0.5) is 5.69 Å². The summed E-state index contributed by atoms with van der Waals surface area (Å²) in [4.78, 5) is 8.41. The minimum atomic E-state index is 0.521. The smallest absolute Gasteiger partial charge is 0.204 e. The summed E-state index contributed by atoms with van der Waals surface area (Å²) in [5, 5.41) is 0.907. The molecule has 5 heteroatoms. The Labute approximate surface area is 204 Å². The standard InChI is InChI=1S/C30H26N2O3/c1-33-28-23(19-31-22-17-11-6-12-18-22)27-25(29(34-2)30(28)35-3)24(20-13-7-4-8-14-20)26(32-27)21-15-9-5-10-16-21/h4-19,32H,1-3H3. The van der Waals surface area contributed by atoms with Gasteiger partial charge < -0.3 is 19.2 Å². The first-order chi connectivity index (χ1) is 17.3. The van der Waals surface area contributed by atoms with Crippen molar-refractivity contribution in [2.75, 3.05) is 21.3 Å². The van der Waals surface area contributed by atoms with Gasteiger partial charge in [0.1, 0.15) is 0 Å². The van der Waals surface area contributed by atoms with E-state index in [-0.39, 0.29) is 0 Å². The molecule has 0 bridgehead atoms. The molecule has 174 valence electrons. The van der Waals surface area contributed by atoms with Gasteiger partial charge in [0.15, 0.2) is 11.5 Å². The highest BCUT2D eigenvalue weighted by molar-refractivity contribution is 6.15. The molecule has 0 aliphatic rings. The molecule has 1 N–H and O–H groups in total. The molecule has 1 heterocycles. The molecule has 5 aromatic rings. The van der Waals surface area contributed by atoms with Crippen LogP contribution in [0.3, 0.4) is 0 Å². The Morgan fingerprint density at radius 2 is 1.17 bits per heavy atom.